The molecule has 0 fully saturated rings. The Kier molecular flexibility index (Phi) is 5.69. The van der Waals surface area contributed by atoms with E-state index in [9.17, 15) is 4.79 Å². The fraction of sp³-hybridized carbons (Fsp3) is 0.174. The van der Waals surface area contributed by atoms with E-state index in [-0.39, 0.29) is 5.78 Å². The Hall–Kier alpha value is -3.07. The first-order valence-corrected chi connectivity index (χ1v) is 8.89. The van der Waals surface area contributed by atoms with Crippen LogP contribution >= 0.6 is 0 Å². The molecule has 3 nitrogen and oxygen atoms in total. The molecule has 3 rings (SSSR count). The Morgan fingerprint density at radius 3 is 2.12 bits per heavy atom. The first kappa shape index (κ1) is 17.7. The molecule has 0 aliphatic rings. The van der Waals surface area contributed by atoms with Crippen LogP contribution in [0.5, 0.6) is 5.75 Å². The summed E-state index contributed by atoms with van der Waals surface area (Å²) in [6.07, 6.45) is 1.04. The Morgan fingerprint density at radius 1 is 0.885 bits per heavy atom. The molecule has 1 unspecified atom stereocenters. The zero-order valence-electron chi connectivity index (χ0n) is 14.9. The monoisotopic (exact) mass is 345 g/mol. The van der Waals surface area contributed by atoms with Gasteiger partial charge in [-0.25, -0.2) is 0 Å². The summed E-state index contributed by atoms with van der Waals surface area (Å²) in [5, 5.41) is 0. The maximum atomic E-state index is 12.9. The number of nitrogen functional groups attached to an aromatic ring is 1. The van der Waals surface area contributed by atoms with Crippen molar-refractivity contribution in [3.63, 3.8) is 0 Å². The van der Waals surface area contributed by atoms with Crippen LogP contribution in [0, 0.1) is 0 Å². The van der Waals surface area contributed by atoms with Gasteiger partial charge in [0.1, 0.15) is 5.75 Å². The van der Waals surface area contributed by atoms with Gasteiger partial charge < -0.3 is 10.5 Å². The molecule has 0 saturated carbocycles. The number of carbonyl (C=O) groups is 1. The minimum atomic E-state index is -0.494. The molecule has 132 valence electrons. The van der Waals surface area contributed by atoms with Crippen LogP contribution in [0.3, 0.4) is 0 Å². The van der Waals surface area contributed by atoms with E-state index in [4.69, 9.17) is 10.5 Å². The molecular formula is C23H23NO2. The number of ether oxygens (including phenoxy) is 1. The van der Waals surface area contributed by atoms with E-state index in [2.05, 4.69) is 12.1 Å². The molecule has 26 heavy (non-hydrogen) atoms. The Labute approximate surface area is 154 Å². The second-order valence-corrected chi connectivity index (χ2v) is 6.27. The predicted octanol–water partition coefficient (Wildman–Crippen LogP) is 5.37. The van der Waals surface area contributed by atoms with Gasteiger partial charge in [-0.3, -0.25) is 4.79 Å². The van der Waals surface area contributed by atoms with Crippen molar-refractivity contribution in [2.75, 3.05) is 5.73 Å². The van der Waals surface area contributed by atoms with Crippen LogP contribution in [0.1, 0.15) is 30.1 Å². The lowest BCUT2D eigenvalue weighted by Gasteiger charge is -2.18. The Bertz CT molecular complexity index is 840. The van der Waals surface area contributed by atoms with Crippen molar-refractivity contribution in [2.24, 2.45) is 0 Å². The van der Waals surface area contributed by atoms with E-state index in [1.807, 2.05) is 49.4 Å². The summed E-state index contributed by atoms with van der Waals surface area (Å²) in [6.45, 7) is 2.05. The van der Waals surface area contributed by atoms with Gasteiger partial charge in [-0.1, -0.05) is 67.9 Å². The first-order valence-electron chi connectivity index (χ1n) is 8.89. The van der Waals surface area contributed by atoms with E-state index in [0.29, 0.717) is 23.4 Å². The second-order valence-electron chi connectivity index (χ2n) is 6.27. The molecule has 0 aliphatic heterocycles. The maximum Gasteiger partial charge on any atom is 0.203 e. The summed E-state index contributed by atoms with van der Waals surface area (Å²) in [5.74, 6) is 0.662. The topological polar surface area (TPSA) is 52.3 Å². The number of hydrogen-bond acceptors (Lipinski definition) is 3. The van der Waals surface area contributed by atoms with E-state index in [0.717, 1.165) is 17.5 Å². The summed E-state index contributed by atoms with van der Waals surface area (Å²) in [7, 11) is 0. The smallest absolute Gasteiger partial charge is 0.203 e. The van der Waals surface area contributed by atoms with Crippen molar-refractivity contribution in [1.29, 1.82) is 0 Å². The molecule has 0 radical (unpaired) electrons. The first-order chi connectivity index (χ1) is 12.7. The number of anilines is 1. The third-order valence-electron chi connectivity index (χ3n) is 4.28. The third-order valence-corrected chi connectivity index (χ3v) is 4.28. The van der Waals surface area contributed by atoms with E-state index in [1.54, 1.807) is 24.3 Å². The lowest BCUT2D eigenvalue weighted by molar-refractivity contribution is 0.0777. The van der Waals surface area contributed by atoms with Crippen molar-refractivity contribution in [3.8, 4) is 16.9 Å². The van der Waals surface area contributed by atoms with Gasteiger partial charge in [0.2, 0.25) is 5.78 Å². The number of nitrogens with two attached hydrogens (primary N) is 1. The van der Waals surface area contributed by atoms with Crippen molar-refractivity contribution in [1.82, 2.24) is 0 Å². The van der Waals surface area contributed by atoms with Crippen LogP contribution in [-0.2, 0) is 0 Å². The Balaban J connectivity index is 1.77. The van der Waals surface area contributed by atoms with Crippen LogP contribution in [0.2, 0.25) is 0 Å². The van der Waals surface area contributed by atoms with Crippen LogP contribution < -0.4 is 10.5 Å². The molecule has 3 aromatic rings. The minimum absolute atomic E-state index is 0.00304. The maximum absolute atomic E-state index is 12.9. The molecule has 0 aromatic heterocycles. The number of hydrogen-bond donors (Lipinski definition) is 1. The zero-order chi connectivity index (χ0) is 18.4. The molecule has 2 N–H and O–H groups in total. The highest BCUT2D eigenvalue weighted by molar-refractivity contribution is 6.00. The summed E-state index contributed by atoms with van der Waals surface area (Å²) in [5.41, 5.74) is 9.27. The summed E-state index contributed by atoms with van der Waals surface area (Å²) >= 11 is 0. The minimum Gasteiger partial charge on any atom is -0.482 e. The second kappa shape index (κ2) is 8.34. The van der Waals surface area contributed by atoms with Gasteiger partial charge in [0.25, 0.3) is 0 Å². The fourth-order valence-corrected chi connectivity index (χ4v) is 2.86. The van der Waals surface area contributed by atoms with Crippen molar-refractivity contribution in [2.45, 2.75) is 25.9 Å². The van der Waals surface area contributed by atoms with Crippen molar-refractivity contribution < 1.29 is 9.53 Å². The van der Waals surface area contributed by atoms with Crippen LogP contribution in [0.15, 0.2) is 78.9 Å². The average Bonchev–Trinajstić information content (AvgIpc) is 2.69. The predicted molar refractivity (Wildman–Crippen MR) is 106 cm³/mol. The van der Waals surface area contributed by atoms with Gasteiger partial charge in [0, 0.05) is 11.3 Å². The lowest BCUT2D eigenvalue weighted by atomic mass is 9.99. The van der Waals surface area contributed by atoms with Crippen LogP contribution in [0.4, 0.5) is 5.69 Å². The molecule has 0 aliphatic carbocycles. The highest BCUT2D eigenvalue weighted by Crippen LogP contribution is 2.22. The SMILES string of the molecule is CCCC(Oc1ccc(N)cc1)C(=O)c1ccc(-c2ccccc2)cc1. The molecule has 0 amide bonds. The molecule has 3 aromatic carbocycles. The molecule has 0 saturated heterocycles. The van der Waals surface area contributed by atoms with Gasteiger partial charge in [-0.15, -0.1) is 0 Å². The molecule has 0 bridgehead atoms. The van der Waals surface area contributed by atoms with Gasteiger partial charge >= 0.3 is 0 Å². The van der Waals surface area contributed by atoms with Gasteiger partial charge in [-0.05, 0) is 41.8 Å². The van der Waals surface area contributed by atoms with Gasteiger partial charge in [-0.2, -0.15) is 0 Å². The highest BCUT2D eigenvalue weighted by atomic mass is 16.5. The Morgan fingerprint density at radius 2 is 1.50 bits per heavy atom. The quantitative estimate of drug-likeness (QED) is 0.463. The van der Waals surface area contributed by atoms with E-state index in [1.165, 1.54) is 0 Å². The van der Waals surface area contributed by atoms with Crippen LogP contribution in [-0.4, -0.2) is 11.9 Å². The normalized spacial score (nSPS) is 11.7. The molecular weight excluding hydrogens is 322 g/mol. The standard InChI is InChI=1S/C23H23NO2/c1-2-6-22(26-21-15-13-20(24)14-16-21)23(25)19-11-9-18(10-12-19)17-7-4-3-5-8-17/h3-5,7-16,22H,2,6,24H2,1H3. The largest absolute Gasteiger partial charge is 0.482 e. The third kappa shape index (κ3) is 4.31. The lowest BCUT2D eigenvalue weighted by Crippen LogP contribution is -2.27. The zero-order valence-corrected chi connectivity index (χ0v) is 14.9. The number of rotatable bonds is 7. The van der Waals surface area contributed by atoms with E-state index < -0.39 is 6.10 Å². The summed E-state index contributed by atoms with van der Waals surface area (Å²) < 4.78 is 5.94. The summed E-state index contributed by atoms with van der Waals surface area (Å²) in [4.78, 5) is 12.9. The van der Waals surface area contributed by atoms with Crippen molar-refractivity contribution >= 4 is 11.5 Å². The number of benzene rings is 3. The highest BCUT2D eigenvalue weighted by Gasteiger charge is 2.21. The molecule has 3 heteroatoms. The number of ketones is 1. The van der Waals surface area contributed by atoms with Gasteiger partial charge in [0.05, 0.1) is 0 Å². The molecule has 1 atom stereocenters. The van der Waals surface area contributed by atoms with E-state index >= 15 is 0 Å². The van der Waals surface area contributed by atoms with Crippen molar-refractivity contribution in [3.05, 3.63) is 84.4 Å². The number of Topliss-reactive ketones (excluding diaryl/α,β-unsaturated/α-hetero) is 1. The number of carbonyl (C=O) groups excluding carboxylic acids is 1. The summed E-state index contributed by atoms with van der Waals surface area (Å²) in [6, 6.07) is 25.0. The van der Waals surface area contributed by atoms with Crippen LogP contribution in [0.25, 0.3) is 11.1 Å². The van der Waals surface area contributed by atoms with Gasteiger partial charge in [0.15, 0.2) is 6.10 Å². The molecule has 0 heterocycles. The fourth-order valence-electron chi connectivity index (χ4n) is 2.86. The molecule has 0 spiro atoms. The average molecular weight is 345 g/mol.